The maximum Gasteiger partial charge on any atom is 0.326 e. The second-order valence-electron chi connectivity index (χ2n) is 5.81. The summed E-state index contributed by atoms with van der Waals surface area (Å²) in [6.07, 6.45) is 2.29. The molecule has 5 heteroatoms. The molecule has 21 heavy (non-hydrogen) atoms. The van der Waals surface area contributed by atoms with Crippen molar-refractivity contribution in [3.8, 4) is 0 Å². The Kier molecular flexibility index (Phi) is 3.82. The van der Waals surface area contributed by atoms with Crippen LogP contribution in [0.5, 0.6) is 0 Å². The zero-order valence-electron chi connectivity index (χ0n) is 11.9. The fraction of sp³-hybridized carbons (Fsp3) is 0.500. The number of amides is 2. The van der Waals surface area contributed by atoms with Crippen molar-refractivity contribution in [2.45, 2.75) is 31.2 Å². The molecule has 2 saturated heterocycles. The second kappa shape index (κ2) is 5.76. The van der Waals surface area contributed by atoms with E-state index in [2.05, 4.69) is 12.1 Å². The van der Waals surface area contributed by atoms with Crippen LogP contribution in [-0.2, 0) is 4.79 Å². The maximum atomic E-state index is 12.5. The summed E-state index contributed by atoms with van der Waals surface area (Å²) in [5.74, 6) is -0.527. The maximum absolute atomic E-state index is 12.5. The van der Waals surface area contributed by atoms with Crippen LogP contribution >= 0.6 is 0 Å². The summed E-state index contributed by atoms with van der Waals surface area (Å²) in [4.78, 5) is 27.1. The summed E-state index contributed by atoms with van der Waals surface area (Å²) in [7, 11) is 0. The van der Waals surface area contributed by atoms with Gasteiger partial charge in [-0.3, -0.25) is 0 Å². The molecule has 2 amide bonds. The zero-order chi connectivity index (χ0) is 14.8. The number of carboxylic acids is 1. The Bertz CT molecular complexity index is 532. The highest BCUT2D eigenvalue weighted by atomic mass is 16.4. The van der Waals surface area contributed by atoms with Crippen LogP contribution in [0.1, 0.15) is 30.7 Å². The SMILES string of the molecule is O=C(O)[C@H]1CCCN1C(=O)N1CCC(c2ccccc2)C1. The number of nitrogens with zero attached hydrogens (tertiary/aromatic N) is 2. The van der Waals surface area contributed by atoms with E-state index < -0.39 is 12.0 Å². The van der Waals surface area contributed by atoms with E-state index in [9.17, 15) is 14.7 Å². The average molecular weight is 288 g/mol. The molecule has 2 aliphatic heterocycles. The molecule has 0 saturated carbocycles. The molecule has 2 fully saturated rings. The second-order valence-corrected chi connectivity index (χ2v) is 5.81. The first kappa shape index (κ1) is 13.9. The number of urea groups is 1. The van der Waals surface area contributed by atoms with Crippen molar-refractivity contribution in [2.24, 2.45) is 0 Å². The number of carbonyl (C=O) groups excluding carboxylic acids is 1. The Morgan fingerprint density at radius 1 is 1.10 bits per heavy atom. The van der Waals surface area contributed by atoms with Gasteiger partial charge in [0.2, 0.25) is 0 Å². The third kappa shape index (κ3) is 2.73. The lowest BCUT2D eigenvalue weighted by molar-refractivity contribution is -0.141. The third-order valence-corrected chi connectivity index (χ3v) is 4.51. The number of carboxylic acid groups (broad SMARTS) is 1. The van der Waals surface area contributed by atoms with E-state index in [1.165, 1.54) is 10.5 Å². The van der Waals surface area contributed by atoms with Gasteiger partial charge in [-0.1, -0.05) is 30.3 Å². The topological polar surface area (TPSA) is 60.9 Å². The van der Waals surface area contributed by atoms with E-state index in [-0.39, 0.29) is 6.03 Å². The number of aliphatic carboxylic acids is 1. The van der Waals surface area contributed by atoms with Gasteiger partial charge in [-0.05, 0) is 24.8 Å². The van der Waals surface area contributed by atoms with Crippen molar-refractivity contribution in [2.75, 3.05) is 19.6 Å². The van der Waals surface area contributed by atoms with E-state index in [1.54, 1.807) is 4.90 Å². The highest BCUT2D eigenvalue weighted by molar-refractivity contribution is 5.83. The Hall–Kier alpha value is -2.04. The number of carbonyl (C=O) groups is 2. The van der Waals surface area contributed by atoms with E-state index >= 15 is 0 Å². The van der Waals surface area contributed by atoms with Crippen LogP contribution in [0.15, 0.2) is 30.3 Å². The molecule has 1 aromatic carbocycles. The molecule has 0 aromatic heterocycles. The molecule has 0 spiro atoms. The van der Waals surface area contributed by atoms with Gasteiger partial charge in [0.25, 0.3) is 0 Å². The quantitative estimate of drug-likeness (QED) is 0.907. The predicted octanol–water partition coefficient (Wildman–Crippen LogP) is 2.14. The molecule has 2 aliphatic rings. The van der Waals surface area contributed by atoms with E-state index in [0.29, 0.717) is 32.0 Å². The molecule has 1 aromatic rings. The molecule has 5 nitrogen and oxygen atoms in total. The van der Waals surface area contributed by atoms with Crippen molar-refractivity contribution < 1.29 is 14.7 Å². The first-order valence-electron chi connectivity index (χ1n) is 7.50. The summed E-state index contributed by atoms with van der Waals surface area (Å²) in [5.41, 5.74) is 1.25. The molecule has 1 unspecified atom stereocenters. The fourth-order valence-corrected chi connectivity index (χ4v) is 3.37. The van der Waals surface area contributed by atoms with Crippen molar-refractivity contribution in [3.63, 3.8) is 0 Å². The molecule has 3 rings (SSSR count). The van der Waals surface area contributed by atoms with Crippen molar-refractivity contribution in [1.29, 1.82) is 0 Å². The lowest BCUT2D eigenvalue weighted by Crippen LogP contribution is -2.47. The van der Waals surface area contributed by atoms with Crippen molar-refractivity contribution in [3.05, 3.63) is 35.9 Å². The van der Waals surface area contributed by atoms with Crippen LogP contribution in [0.4, 0.5) is 4.79 Å². The van der Waals surface area contributed by atoms with Gasteiger partial charge in [0.05, 0.1) is 0 Å². The van der Waals surface area contributed by atoms with E-state index in [1.807, 2.05) is 18.2 Å². The molecule has 0 bridgehead atoms. The van der Waals surface area contributed by atoms with Crippen LogP contribution in [-0.4, -0.2) is 52.6 Å². The summed E-state index contributed by atoms with van der Waals surface area (Å²) in [5, 5.41) is 9.19. The van der Waals surface area contributed by atoms with Gasteiger partial charge < -0.3 is 14.9 Å². The number of likely N-dealkylation sites (tertiary alicyclic amines) is 2. The highest BCUT2D eigenvalue weighted by Crippen LogP contribution is 2.29. The largest absolute Gasteiger partial charge is 0.480 e. The molecule has 112 valence electrons. The normalized spacial score (nSPS) is 25.3. The first-order chi connectivity index (χ1) is 10.2. The fourth-order valence-electron chi connectivity index (χ4n) is 3.37. The highest BCUT2D eigenvalue weighted by Gasteiger charge is 2.38. The minimum Gasteiger partial charge on any atom is -0.480 e. The summed E-state index contributed by atoms with van der Waals surface area (Å²) in [6, 6.07) is 9.44. The molecule has 2 heterocycles. The summed E-state index contributed by atoms with van der Waals surface area (Å²) >= 11 is 0. The molecule has 1 N–H and O–H groups in total. The lowest BCUT2D eigenvalue weighted by atomic mass is 9.99. The van der Waals surface area contributed by atoms with Gasteiger partial charge in [0.15, 0.2) is 0 Å². The van der Waals surface area contributed by atoms with Gasteiger partial charge in [-0.25, -0.2) is 9.59 Å². The number of benzene rings is 1. The average Bonchev–Trinajstić information content (AvgIpc) is 3.17. The van der Waals surface area contributed by atoms with Crippen molar-refractivity contribution in [1.82, 2.24) is 9.80 Å². The minimum atomic E-state index is -0.889. The molecule has 2 atom stereocenters. The van der Waals surface area contributed by atoms with Gasteiger partial charge >= 0.3 is 12.0 Å². The smallest absolute Gasteiger partial charge is 0.326 e. The molecular formula is C16H20N2O3. The monoisotopic (exact) mass is 288 g/mol. The Morgan fingerprint density at radius 3 is 2.57 bits per heavy atom. The van der Waals surface area contributed by atoms with Crippen molar-refractivity contribution >= 4 is 12.0 Å². The molecule has 0 radical (unpaired) electrons. The molecule has 0 aliphatic carbocycles. The lowest BCUT2D eigenvalue weighted by Gasteiger charge is -2.27. The van der Waals surface area contributed by atoms with Crippen LogP contribution in [0.25, 0.3) is 0 Å². The predicted molar refractivity (Wildman–Crippen MR) is 78.1 cm³/mol. The van der Waals surface area contributed by atoms with E-state index in [4.69, 9.17) is 0 Å². The van der Waals surface area contributed by atoms with Crippen LogP contribution in [0.3, 0.4) is 0 Å². The zero-order valence-corrected chi connectivity index (χ0v) is 11.9. The van der Waals surface area contributed by atoms with Crippen LogP contribution < -0.4 is 0 Å². The van der Waals surface area contributed by atoms with Gasteiger partial charge in [-0.15, -0.1) is 0 Å². The van der Waals surface area contributed by atoms with E-state index in [0.717, 1.165) is 12.8 Å². The van der Waals surface area contributed by atoms with Gasteiger partial charge in [0.1, 0.15) is 6.04 Å². The van der Waals surface area contributed by atoms with Gasteiger partial charge in [-0.2, -0.15) is 0 Å². The standard InChI is InChI=1S/C16H20N2O3/c19-15(20)14-7-4-9-18(14)16(21)17-10-8-13(11-17)12-5-2-1-3-6-12/h1-3,5-6,13-14H,4,7-11H2,(H,19,20)/t13?,14-/m1/s1. The minimum absolute atomic E-state index is 0.113. The Labute approximate surface area is 124 Å². The van der Waals surface area contributed by atoms with Crippen LogP contribution in [0, 0.1) is 0 Å². The van der Waals surface area contributed by atoms with Crippen LogP contribution in [0.2, 0.25) is 0 Å². The number of hydrogen-bond donors (Lipinski definition) is 1. The summed E-state index contributed by atoms with van der Waals surface area (Å²) in [6.45, 7) is 1.95. The molecular weight excluding hydrogens is 268 g/mol. The number of rotatable bonds is 2. The third-order valence-electron chi connectivity index (χ3n) is 4.51. The summed E-state index contributed by atoms with van der Waals surface area (Å²) < 4.78 is 0. The number of hydrogen-bond acceptors (Lipinski definition) is 2. The Morgan fingerprint density at radius 2 is 1.86 bits per heavy atom. The first-order valence-corrected chi connectivity index (χ1v) is 7.50. The van der Waals surface area contributed by atoms with Gasteiger partial charge in [0, 0.05) is 25.6 Å². The Balaban J connectivity index is 1.66.